The molecule has 24 heteroatoms. The van der Waals surface area contributed by atoms with E-state index in [1.807, 2.05) is 0 Å². The molecule has 0 N–H and O–H groups in total. The Balaban J connectivity index is 0.00000100. The van der Waals surface area contributed by atoms with Crippen molar-refractivity contribution in [3.05, 3.63) is 116 Å². The first-order chi connectivity index (χ1) is 32.1. The molecule has 0 aliphatic heterocycles. The predicted octanol–water partition coefficient (Wildman–Crippen LogP) is 15.1. The van der Waals surface area contributed by atoms with Crippen LogP contribution in [0.1, 0.15) is 103 Å². The lowest BCUT2D eigenvalue weighted by molar-refractivity contribution is -0.698. The molecule has 0 atom stereocenters. The van der Waals surface area contributed by atoms with Crippen LogP contribution in [0.25, 0.3) is 39.3 Å². The van der Waals surface area contributed by atoms with Crippen molar-refractivity contribution in [3.63, 3.8) is 0 Å². The average molecular weight is 1000 g/mol. The maximum absolute atomic E-state index is 9.75. The largest absolute Gasteiger partial charge is 0.673 e. The number of rotatable bonds is 19. The third-order valence-electron chi connectivity index (χ3n) is 9.77. The van der Waals surface area contributed by atoms with E-state index >= 15 is 0 Å². The van der Waals surface area contributed by atoms with Gasteiger partial charge in [0.25, 0.3) is 0 Å². The molecule has 0 fully saturated rings. The van der Waals surface area contributed by atoms with Crippen molar-refractivity contribution >= 4 is 29.0 Å². The Hall–Kier alpha value is -5.04. The molecule has 0 saturated heterocycles. The highest BCUT2D eigenvalue weighted by Crippen LogP contribution is 2.30. The fourth-order valence-corrected chi connectivity index (χ4v) is 6.68. The van der Waals surface area contributed by atoms with Gasteiger partial charge in [-0.15, -0.1) is 0 Å². The number of pyridine rings is 4. The van der Waals surface area contributed by atoms with E-state index in [0.717, 1.165) is 19.6 Å². The fraction of sp³-hybridized carbons (Fsp3) is 0.422. The van der Waals surface area contributed by atoms with Gasteiger partial charge in [-0.3, -0.25) is 0 Å². The number of aryl methyl sites for hydroxylation is 4. The molecule has 384 valence electrons. The Morgan fingerprint density at radius 2 is 0.609 bits per heavy atom. The number of hydrogen-bond donors (Lipinski definition) is 0. The van der Waals surface area contributed by atoms with E-state index in [2.05, 4.69) is 156 Å². The second kappa shape index (κ2) is 31.2. The van der Waals surface area contributed by atoms with Crippen molar-refractivity contribution in [2.75, 3.05) is 0 Å². The highest BCUT2D eigenvalue weighted by atomic mass is 19.5. The third-order valence-corrected chi connectivity index (χ3v) is 9.77. The lowest BCUT2D eigenvalue weighted by Gasteiger charge is -2.12. The molecule has 4 nitrogen and oxygen atoms in total. The minimum atomic E-state index is -6.00. The summed E-state index contributed by atoms with van der Waals surface area (Å²) in [6.45, 7) is 12.2. The van der Waals surface area contributed by atoms with Crippen molar-refractivity contribution in [1.82, 2.24) is 0 Å². The van der Waals surface area contributed by atoms with Crippen LogP contribution < -0.4 is 18.3 Å². The fourth-order valence-electron chi connectivity index (χ4n) is 6.68. The summed E-state index contributed by atoms with van der Waals surface area (Å²) in [5, 5.41) is 0. The zero-order valence-electron chi connectivity index (χ0n) is 39.1. The molecule has 0 unspecified atom stereocenters. The van der Waals surface area contributed by atoms with Crippen molar-refractivity contribution in [1.29, 1.82) is 0 Å². The monoisotopic (exact) mass is 1000 g/mol. The van der Waals surface area contributed by atoms with Crippen LogP contribution in [-0.4, -0.2) is 29.0 Å². The van der Waals surface area contributed by atoms with E-state index in [-0.39, 0.29) is 0 Å². The average Bonchev–Trinajstić information content (AvgIpc) is 3.24. The maximum Gasteiger partial charge on any atom is 0.673 e. The Labute approximate surface area is 394 Å². The van der Waals surface area contributed by atoms with E-state index in [1.54, 1.807) is 0 Å². The quantitative estimate of drug-likeness (QED) is 0.0339. The summed E-state index contributed by atoms with van der Waals surface area (Å²) >= 11 is 0. The standard InChI is InChI=1S/C45H60N4.4BF4/c1-5-8-11-14-27-46-30-21-39(22-31-46)42-36-44(40-19-17-38(4)18-20-40)49(43-25-34-48(35-26-43)29-16-13-10-7-3)45(37-42)41-23-32-47(33-24-41)28-15-12-9-6-2;4*2-1(3,4)5/h17-26,30-37H,5-16,27-29H2,1-4H3;;;;/q+4;4*-1. The lowest BCUT2D eigenvalue weighted by atomic mass is 9.99. The molecule has 0 bridgehead atoms. The van der Waals surface area contributed by atoms with Gasteiger partial charge in [0.2, 0.25) is 17.1 Å². The summed E-state index contributed by atoms with van der Waals surface area (Å²) in [4.78, 5) is 0. The van der Waals surface area contributed by atoms with Crippen molar-refractivity contribution in [3.8, 4) is 39.3 Å². The van der Waals surface area contributed by atoms with Crippen LogP contribution in [0.2, 0.25) is 0 Å². The summed E-state index contributed by atoms with van der Waals surface area (Å²) in [6, 6.07) is 27.6. The highest BCUT2D eigenvalue weighted by Gasteiger charge is 2.27. The van der Waals surface area contributed by atoms with E-state index in [4.69, 9.17) is 0 Å². The zero-order valence-corrected chi connectivity index (χ0v) is 39.1. The molecule has 0 saturated carbocycles. The summed E-state index contributed by atoms with van der Waals surface area (Å²) in [5.74, 6) is 0. The molecular formula is C45H60B4F16N4. The Bertz CT molecular complexity index is 2070. The SMILES string of the molecule is CCCCCC[n+]1ccc(-c2cc(-c3ccc(C)cc3)[n+](-c3cc[n+](CCCCCC)cc3)c(-c3cc[n+](CCCCCC)cc3)c2)cc1.F[B-](F)(F)F.F[B-](F)(F)F.F[B-](F)(F)F.F[B-](F)(F)F. The van der Waals surface area contributed by atoms with Crippen LogP contribution in [0.5, 0.6) is 0 Å². The highest BCUT2D eigenvalue weighted by molar-refractivity contribution is 6.51. The van der Waals surface area contributed by atoms with Crippen molar-refractivity contribution in [2.24, 2.45) is 0 Å². The molecule has 0 aliphatic rings. The molecule has 5 rings (SSSR count). The first-order valence-electron chi connectivity index (χ1n) is 22.7. The number of unbranched alkanes of at least 4 members (excludes halogenated alkanes) is 9. The van der Waals surface area contributed by atoms with E-state index in [1.165, 1.54) is 122 Å². The lowest BCUT2D eigenvalue weighted by Crippen LogP contribution is -2.39. The third kappa shape index (κ3) is 32.4. The summed E-state index contributed by atoms with van der Waals surface area (Å²) in [6.07, 6.45) is 28.8. The minimum Gasteiger partial charge on any atom is -0.418 e. The summed E-state index contributed by atoms with van der Waals surface area (Å²) < 4.78 is 165. The zero-order chi connectivity index (χ0) is 52.3. The van der Waals surface area contributed by atoms with Crippen LogP contribution in [-0.2, 0) is 19.6 Å². The van der Waals surface area contributed by atoms with Gasteiger partial charge < -0.3 is 69.1 Å². The number of hydrogen-bond acceptors (Lipinski definition) is 0. The summed E-state index contributed by atoms with van der Waals surface area (Å²) in [5.41, 5.74) is 9.76. The molecule has 5 aromatic rings. The second-order valence-corrected chi connectivity index (χ2v) is 15.8. The predicted molar refractivity (Wildman–Crippen MR) is 243 cm³/mol. The Kier molecular flexibility index (Phi) is 28.1. The normalized spacial score (nSPS) is 11.5. The van der Waals surface area contributed by atoms with Gasteiger partial charge in [-0.2, -0.15) is 4.57 Å². The second-order valence-electron chi connectivity index (χ2n) is 15.8. The van der Waals surface area contributed by atoms with Crippen LogP contribution >= 0.6 is 0 Å². The van der Waals surface area contributed by atoms with Gasteiger partial charge in [-0.25, -0.2) is 13.7 Å². The molecule has 69 heavy (non-hydrogen) atoms. The molecule has 0 amide bonds. The van der Waals surface area contributed by atoms with E-state index in [9.17, 15) is 69.1 Å². The van der Waals surface area contributed by atoms with Crippen LogP contribution in [0.3, 0.4) is 0 Å². The molecular weight excluding hydrogens is 944 g/mol. The van der Waals surface area contributed by atoms with Gasteiger partial charge in [0.15, 0.2) is 37.2 Å². The minimum absolute atomic E-state index is 1.06. The molecule has 0 radical (unpaired) electrons. The number of benzene rings is 1. The van der Waals surface area contributed by atoms with Gasteiger partial charge in [0.05, 0.1) is 17.7 Å². The Morgan fingerprint density at radius 3 is 0.913 bits per heavy atom. The van der Waals surface area contributed by atoms with Crippen LogP contribution in [0.4, 0.5) is 69.1 Å². The van der Waals surface area contributed by atoms with Gasteiger partial charge in [0.1, 0.15) is 19.6 Å². The topological polar surface area (TPSA) is 15.5 Å². The van der Waals surface area contributed by atoms with E-state index in [0.29, 0.717) is 0 Å². The summed E-state index contributed by atoms with van der Waals surface area (Å²) in [7, 11) is -24.0. The molecule has 4 aromatic heterocycles. The molecule has 1 aromatic carbocycles. The molecule has 4 heterocycles. The Morgan fingerprint density at radius 1 is 0.333 bits per heavy atom. The van der Waals surface area contributed by atoms with Crippen LogP contribution in [0.15, 0.2) is 110 Å². The van der Waals surface area contributed by atoms with Gasteiger partial charge in [-0.05, 0) is 49.4 Å². The van der Waals surface area contributed by atoms with Crippen LogP contribution in [0, 0.1) is 6.92 Å². The number of halogens is 16. The van der Waals surface area contributed by atoms with Crippen molar-refractivity contribution < 1.29 is 87.3 Å². The first-order valence-corrected chi connectivity index (χ1v) is 22.7. The maximum atomic E-state index is 9.75. The first kappa shape index (κ1) is 62.0. The van der Waals surface area contributed by atoms with E-state index < -0.39 is 29.0 Å². The van der Waals surface area contributed by atoms with Gasteiger partial charge >= 0.3 is 29.0 Å². The molecule has 0 spiro atoms. The van der Waals surface area contributed by atoms with Crippen molar-refractivity contribution in [2.45, 2.75) is 124 Å². The van der Waals surface area contributed by atoms with Gasteiger partial charge in [0, 0.05) is 61.2 Å². The number of nitrogens with zero attached hydrogens (tertiary/aromatic N) is 4. The number of aromatic nitrogens is 4. The smallest absolute Gasteiger partial charge is 0.418 e. The van der Waals surface area contributed by atoms with Gasteiger partial charge in [-0.1, -0.05) is 77.0 Å². The molecule has 0 aliphatic carbocycles.